The van der Waals surface area contributed by atoms with Crippen LogP contribution in [0.1, 0.15) is 39.2 Å². The number of amides is 2. The Kier molecular flexibility index (Phi) is 6.60. The van der Waals surface area contributed by atoms with Gasteiger partial charge in [0.05, 0.1) is 19.1 Å². The lowest BCUT2D eigenvalue weighted by atomic mass is 9.88. The minimum Gasteiger partial charge on any atom is -0.444 e. The number of morpholine rings is 1. The number of piperidine rings is 1. The molecule has 2 fully saturated rings. The monoisotopic (exact) mass is 388 g/mol. The normalized spacial score (nSPS) is 23.4. The third kappa shape index (κ3) is 5.47. The van der Waals surface area contributed by atoms with E-state index in [1.165, 1.54) is 5.56 Å². The third-order valence-corrected chi connectivity index (χ3v) is 5.32. The Morgan fingerprint density at radius 2 is 1.79 bits per heavy atom. The number of benzene rings is 1. The van der Waals surface area contributed by atoms with E-state index in [2.05, 4.69) is 12.1 Å². The molecule has 2 unspecified atom stereocenters. The highest BCUT2D eigenvalue weighted by atomic mass is 16.6. The van der Waals surface area contributed by atoms with Crippen LogP contribution in [0, 0.1) is 5.92 Å². The van der Waals surface area contributed by atoms with Gasteiger partial charge in [-0.05, 0) is 45.6 Å². The highest BCUT2D eigenvalue weighted by molar-refractivity contribution is 5.80. The van der Waals surface area contributed by atoms with Crippen LogP contribution in [0.4, 0.5) is 4.79 Å². The molecule has 0 spiro atoms. The summed E-state index contributed by atoms with van der Waals surface area (Å²) in [4.78, 5) is 29.5. The summed E-state index contributed by atoms with van der Waals surface area (Å²) < 4.78 is 11.0. The second-order valence-electron chi connectivity index (χ2n) is 8.69. The van der Waals surface area contributed by atoms with Gasteiger partial charge in [0.25, 0.3) is 0 Å². The molecule has 6 heteroatoms. The molecule has 0 saturated carbocycles. The molecule has 0 aliphatic carbocycles. The number of ether oxygens (including phenoxy) is 2. The maximum atomic E-state index is 13.0. The molecule has 6 nitrogen and oxygen atoms in total. The van der Waals surface area contributed by atoms with E-state index in [1.807, 2.05) is 43.9 Å². The maximum Gasteiger partial charge on any atom is 0.410 e. The van der Waals surface area contributed by atoms with E-state index in [9.17, 15) is 9.59 Å². The first-order valence-electron chi connectivity index (χ1n) is 10.2. The van der Waals surface area contributed by atoms with Gasteiger partial charge >= 0.3 is 6.09 Å². The van der Waals surface area contributed by atoms with Crippen LogP contribution < -0.4 is 0 Å². The molecule has 2 amide bonds. The molecule has 2 atom stereocenters. The smallest absolute Gasteiger partial charge is 0.410 e. The molecular weight excluding hydrogens is 356 g/mol. The first-order chi connectivity index (χ1) is 13.3. The van der Waals surface area contributed by atoms with E-state index in [4.69, 9.17) is 9.47 Å². The Morgan fingerprint density at radius 1 is 1.11 bits per heavy atom. The lowest BCUT2D eigenvalue weighted by Gasteiger charge is -2.41. The highest BCUT2D eigenvalue weighted by Gasteiger charge is 2.38. The van der Waals surface area contributed by atoms with Crippen LogP contribution in [0.5, 0.6) is 0 Å². The van der Waals surface area contributed by atoms with Gasteiger partial charge in [-0.25, -0.2) is 4.79 Å². The molecule has 0 N–H and O–H groups in total. The first-order valence-corrected chi connectivity index (χ1v) is 10.2. The number of likely N-dealkylation sites (tertiary alicyclic amines) is 1. The van der Waals surface area contributed by atoms with Gasteiger partial charge in [0.2, 0.25) is 5.91 Å². The topological polar surface area (TPSA) is 59.1 Å². The fourth-order valence-corrected chi connectivity index (χ4v) is 3.91. The van der Waals surface area contributed by atoms with Crippen LogP contribution in [0.15, 0.2) is 30.3 Å². The second-order valence-corrected chi connectivity index (χ2v) is 8.69. The van der Waals surface area contributed by atoms with Crippen molar-refractivity contribution in [3.05, 3.63) is 35.9 Å². The van der Waals surface area contributed by atoms with E-state index in [0.717, 1.165) is 19.3 Å². The van der Waals surface area contributed by atoms with Gasteiger partial charge in [-0.2, -0.15) is 0 Å². The molecule has 154 valence electrons. The summed E-state index contributed by atoms with van der Waals surface area (Å²) >= 11 is 0. The summed E-state index contributed by atoms with van der Waals surface area (Å²) in [6, 6.07) is 10.2. The van der Waals surface area contributed by atoms with Crippen LogP contribution in [0.3, 0.4) is 0 Å². The lowest BCUT2D eigenvalue weighted by molar-refractivity contribution is -0.141. The predicted octanol–water partition coefficient (Wildman–Crippen LogP) is 3.10. The summed E-state index contributed by atoms with van der Waals surface area (Å²) in [6.45, 7) is 8.48. The molecular formula is C22H32N2O4. The highest BCUT2D eigenvalue weighted by Crippen LogP contribution is 2.28. The maximum absolute atomic E-state index is 13.0. The van der Waals surface area contributed by atoms with E-state index >= 15 is 0 Å². The Labute approximate surface area is 167 Å². The SMILES string of the molecule is CC(C)(C)OC(=O)N1CC(C(=O)N2CCOCC2)CCC1Cc1ccccc1. The Balaban J connectivity index is 1.72. The van der Waals surface area contributed by atoms with Crippen molar-refractivity contribution in [3.63, 3.8) is 0 Å². The molecule has 1 aromatic carbocycles. The summed E-state index contributed by atoms with van der Waals surface area (Å²) in [5.74, 6) is -0.0346. The zero-order chi connectivity index (χ0) is 20.1. The number of hydrogen-bond donors (Lipinski definition) is 0. The predicted molar refractivity (Wildman–Crippen MR) is 107 cm³/mol. The van der Waals surface area contributed by atoms with Gasteiger partial charge < -0.3 is 19.3 Å². The zero-order valence-corrected chi connectivity index (χ0v) is 17.2. The third-order valence-electron chi connectivity index (χ3n) is 5.32. The largest absolute Gasteiger partial charge is 0.444 e. The van der Waals surface area contributed by atoms with Gasteiger partial charge in [-0.3, -0.25) is 4.79 Å². The van der Waals surface area contributed by atoms with Crippen molar-refractivity contribution in [2.45, 2.75) is 51.7 Å². The van der Waals surface area contributed by atoms with Crippen LogP contribution in [0.25, 0.3) is 0 Å². The number of nitrogens with zero attached hydrogens (tertiary/aromatic N) is 2. The van der Waals surface area contributed by atoms with Gasteiger partial charge in [-0.1, -0.05) is 30.3 Å². The number of rotatable bonds is 3. The first kappa shape index (κ1) is 20.6. The fraction of sp³-hybridized carbons (Fsp3) is 0.636. The standard InChI is InChI=1S/C22H32N2O4/c1-22(2,3)28-21(26)24-16-18(20(25)23-11-13-27-14-12-23)9-10-19(24)15-17-7-5-4-6-8-17/h4-8,18-19H,9-16H2,1-3H3. The average molecular weight is 389 g/mol. The van der Waals surface area contributed by atoms with E-state index in [1.54, 1.807) is 4.90 Å². The molecule has 0 bridgehead atoms. The fourth-order valence-electron chi connectivity index (χ4n) is 3.91. The van der Waals surface area contributed by atoms with E-state index < -0.39 is 5.60 Å². The van der Waals surface area contributed by atoms with Crippen LogP contribution in [-0.4, -0.2) is 66.3 Å². The molecule has 2 aliphatic heterocycles. The molecule has 2 saturated heterocycles. The number of carbonyl (C=O) groups excluding carboxylic acids is 2. The minimum atomic E-state index is -0.560. The number of hydrogen-bond acceptors (Lipinski definition) is 4. The molecule has 1 aromatic rings. The van der Waals surface area contributed by atoms with E-state index in [-0.39, 0.29) is 24.0 Å². The van der Waals surface area contributed by atoms with Crippen molar-refractivity contribution in [1.82, 2.24) is 9.80 Å². The molecule has 3 rings (SSSR count). The van der Waals surface area contributed by atoms with Gasteiger partial charge in [0.1, 0.15) is 5.60 Å². The molecule has 2 aliphatic rings. The van der Waals surface area contributed by atoms with E-state index in [0.29, 0.717) is 32.8 Å². The molecule has 28 heavy (non-hydrogen) atoms. The van der Waals surface area contributed by atoms with Crippen molar-refractivity contribution < 1.29 is 19.1 Å². The van der Waals surface area contributed by atoms with Crippen molar-refractivity contribution >= 4 is 12.0 Å². The second kappa shape index (κ2) is 8.95. The quantitative estimate of drug-likeness (QED) is 0.798. The Bertz CT molecular complexity index is 665. The van der Waals surface area contributed by atoms with Crippen molar-refractivity contribution in [1.29, 1.82) is 0 Å². The van der Waals surface area contributed by atoms with Gasteiger partial charge in [-0.15, -0.1) is 0 Å². The summed E-state index contributed by atoms with van der Waals surface area (Å²) in [5, 5.41) is 0. The summed E-state index contributed by atoms with van der Waals surface area (Å²) in [5.41, 5.74) is 0.634. The van der Waals surface area contributed by atoms with Gasteiger partial charge in [0.15, 0.2) is 0 Å². The minimum absolute atomic E-state index is 0.0472. The zero-order valence-electron chi connectivity index (χ0n) is 17.2. The van der Waals surface area contributed by atoms with Crippen LogP contribution in [-0.2, 0) is 20.7 Å². The van der Waals surface area contributed by atoms with Crippen LogP contribution >= 0.6 is 0 Å². The summed E-state index contributed by atoms with van der Waals surface area (Å²) in [6.07, 6.45) is 2.05. The Hall–Kier alpha value is -2.08. The Morgan fingerprint density at radius 3 is 2.43 bits per heavy atom. The molecule has 0 aromatic heterocycles. The van der Waals surface area contributed by atoms with Gasteiger partial charge in [0, 0.05) is 25.7 Å². The van der Waals surface area contributed by atoms with Crippen LogP contribution in [0.2, 0.25) is 0 Å². The van der Waals surface area contributed by atoms with Crippen molar-refractivity contribution in [3.8, 4) is 0 Å². The number of carbonyl (C=O) groups is 2. The molecule has 0 radical (unpaired) electrons. The molecule has 2 heterocycles. The van der Waals surface area contributed by atoms with Crippen molar-refractivity contribution in [2.75, 3.05) is 32.8 Å². The lowest BCUT2D eigenvalue weighted by Crippen LogP contribution is -2.54. The summed E-state index contributed by atoms with van der Waals surface area (Å²) in [7, 11) is 0. The average Bonchev–Trinajstić information content (AvgIpc) is 2.68. The van der Waals surface area contributed by atoms with Crippen molar-refractivity contribution in [2.24, 2.45) is 5.92 Å².